The zero-order chi connectivity index (χ0) is 7.40. The van der Waals surface area contributed by atoms with Gasteiger partial charge in [0.2, 0.25) is 0 Å². The first-order valence-corrected chi connectivity index (χ1v) is 4.09. The van der Waals surface area contributed by atoms with Crippen LogP contribution in [0.2, 0.25) is 0 Å². The predicted molar refractivity (Wildman–Crippen MR) is 41.4 cm³/mol. The molecular formula is C5H5ClN2OS. The predicted octanol–water partition coefficient (Wildman–Crippen LogP) is 1.06. The van der Waals surface area contributed by atoms with Crippen LogP contribution in [0.15, 0.2) is 22.2 Å². The number of rotatable bonds is 2. The summed E-state index contributed by atoms with van der Waals surface area (Å²) in [5.74, 6) is 0. The van der Waals surface area contributed by atoms with Crippen LogP contribution >= 0.6 is 23.4 Å². The Labute approximate surface area is 66.8 Å². The maximum atomic E-state index is 10.6. The lowest BCUT2D eigenvalue weighted by Gasteiger charge is -1.91. The molecule has 1 aromatic heterocycles. The molecule has 3 nitrogen and oxygen atoms in total. The van der Waals surface area contributed by atoms with Gasteiger partial charge in [-0.1, -0.05) is 11.8 Å². The number of nitrogens with zero attached hydrogens (tertiary/aromatic N) is 1. The minimum atomic E-state index is -0.150. The lowest BCUT2D eigenvalue weighted by molar-refractivity contribution is 0.939. The fourth-order valence-electron chi connectivity index (χ4n) is 0.477. The normalized spacial score (nSPS) is 9.70. The Hall–Kier alpha value is -0.480. The molecule has 1 rings (SSSR count). The largest absolute Gasteiger partial charge is 0.301 e. The van der Waals surface area contributed by atoms with Gasteiger partial charge < -0.3 is 4.98 Å². The molecule has 1 N–H and O–H groups in total. The Morgan fingerprint density at radius 2 is 2.60 bits per heavy atom. The summed E-state index contributed by atoms with van der Waals surface area (Å²) >= 11 is 6.68. The molecule has 0 unspecified atom stereocenters. The molecule has 0 spiro atoms. The lowest BCUT2D eigenvalue weighted by Crippen LogP contribution is -2.04. The van der Waals surface area contributed by atoms with Crippen LogP contribution in [0.4, 0.5) is 0 Å². The Kier molecular flexibility index (Phi) is 2.77. The fraction of sp³-hybridized carbons (Fsp3) is 0.200. The molecule has 0 atom stereocenters. The minimum Gasteiger partial charge on any atom is -0.301 e. The highest BCUT2D eigenvalue weighted by Crippen LogP contribution is 2.10. The van der Waals surface area contributed by atoms with Gasteiger partial charge in [0, 0.05) is 12.3 Å². The van der Waals surface area contributed by atoms with Crippen molar-refractivity contribution < 1.29 is 0 Å². The van der Waals surface area contributed by atoms with Crippen molar-refractivity contribution in [3.8, 4) is 0 Å². The van der Waals surface area contributed by atoms with E-state index in [1.165, 1.54) is 24.0 Å². The van der Waals surface area contributed by atoms with Crippen molar-refractivity contribution in [2.24, 2.45) is 0 Å². The molecule has 0 fully saturated rings. The number of nitrogens with one attached hydrogen (secondary N) is 1. The van der Waals surface area contributed by atoms with Gasteiger partial charge in [0.25, 0.3) is 5.56 Å². The SMILES string of the molecule is O=c1ccnc(SCCl)[nH]1. The van der Waals surface area contributed by atoms with Gasteiger partial charge >= 0.3 is 0 Å². The maximum Gasteiger partial charge on any atom is 0.251 e. The molecule has 10 heavy (non-hydrogen) atoms. The smallest absolute Gasteiger partial charge is 0.251 e. The van der Waals surface area contributed by atoms with Crippen molar-refractivity contribution in [1.29, 1.82) is 0 Å². The molecule has 0 saturated heterocycles. The van der Waals surface area contributed by atoms with Crippen LogP contribution in [0.1, 0.15) is 0 Å². The summed E-state index contributed by atoms with van der Waals surface area (Å²) in [5, 5.41) is 0.954. The van der Waals surface area contributed by atoms with Gasteiger partial charge in [0.05, 0.1) is 5.21 Å². The number of halogens is 1. The van der Waals surface area contributed by atoms with Crippen molar-refractivity contribution in [2.45, 2.75) is 5.16 Å². The third kappa shape index (κ3) is 2.04. The standard InChI is InChI=1S/C5H5ClN2OS/c6-3-10-5-7-2-1-4(9)8-5/h1-2H,3H2,(H,7,8,9). The second kappa shape index (κ2) is 3.63. The third-order valence-corrected chi connectivity index (χ3v) is 1.76. The first-order valence-electron chi connectivity index (χ1n) is 2.57. The number of hydrogen-bond donors (Lipinski definition) is 1. The monoisotopic (exact) mass is 176 g/mol. The van der Waals surface area contributed by atoms with Gasteiger partial charge in [0.15, 0.2) is 5.16 Å². The van der Waals surface area contributed by atoms with Crippen LogP contribution in [-0.4, -0.2) is 15.2 Å². The average molecular weight is 177 g/mol. The van der Waals surface area contributed by atoms with E-state index >= 15 is 0 Å². The summed E-state index contributed by atoms with van der Waals surface area (Å²) in [7, 11) is 0. The summed E-state index contributed by atoms with van der Waals surface area (Å²) < 4.78 is 0. The van der Waals surface area contributed by atoms with Crippen LogP contribution < -0.4 is 5.56 Å². The van der Waals surface area contributed by atoms with E-state index < -0.39 is 0 Å². The zero-order valence-corrected chi connectivity index (χ0v) is 6.58. The van der Waals surface area contributed by atoms with Gasteiger partial charge in [-0.25, -0.2) is 4.98 Å². The molecule has 5 heteroatoms. The van der Waals surface area contributed by atoms with E-state index in [4.69, 9.17) is 11.6 Å². The first-order chi connectivity index (χ1) is 4.83. The molecule has 0 amide bonds. The number of alkyl halides is 1. The molecule has 0 aliphatic rings. The Morgan fingerprint density at radius 3 is 3.20 bits per heavy atom. The van der Waals surface area contributed by atoms with Crippen molar-refractivity contribution >= 4 is 23.4 Å². The molecule has 0 aliphatic carbocycles. The second-order valence-corrected chi connectivity index (χ2v) is 3.04. The Balaban J connectivity index is 2.85. The van der Waals surface area contributed by atoms with Gasteiger partial charge in [-0.2, -0.15) is 0 Å². The number of hydrogen-bond acceptors (Lipinski definition) is 3. The van der Waals surface area contributed by atoms with Crippen LogP contribution in [0.25, 0.3) is 0 Å². The van der Waals surface area contributed by atoms with Crippen LogP contribution in [0.3, 0.4) is 0 Å². The van der Waals surface area contributed by atoms with E-state index in [1.807, 2.05) is 0 Å². The Bertz CT molecular complexity index is 262. The number of aromatic nitrogens is 2. The molecule has 0 bridgehead atoms. The number of aromatic amines is 1. The van der Waals surface area contributed by atoms with Gasteiger partial charge in [-0.3, -0.25) is 4.79 Å². The fourth-order valence-corrected chi connectivity index (χ4v) is 1.20. The molecule has 0 aliphatic heterocycles. The quantitative estimate of drug-likeness (QED) is 0.417. The molecule has 1 aromatic rings. The number of H-pyrrole nitrogens is 1. The highest BCUT2D eigenvalue weighted by molar-refractivity contribution is 8.00. The van der Waals surface area contributed by atoms with E-state index in [0.717, 1.165) is 0 Å². The second-order valence-electron chi connectivity index (χ2n) is 1.49. The van der Waals surface area contributed by atoms with Gasteiger partial charge in [-0.15, -0.1) is 11.6 Å². The zero-order valence-electron chi connectivity index (χ0n) is 5.00. The molecule has 54 valence electrons. The van der Waals surface area contributed by atoms with Crippen molar-refractivity contribution in [1.82, 2.24) is 9.97 Å². The lowest BCUT2D eigenvalue weighted by atomic mass is 10.7. The van der Waals surface area contributed by atoms with E-state index in [1.54, 1.807) is 0 Å². The van der Waals surface area contributed by atoms with Crippen molar-refractivity contribution in [2.75, 3.05) is 5.21 Å². The van der Waals surface area contributed by atoms with E-state index in [0.29, 0.717) is 10.4 Å². The van der Waals surface area contributed by atoms with E-state index in [-0.39, 0.29) is 5.56 Å². The summed E-state index contributed by atoms with van der Waals surface area (Å²) in [6.45, 7) is 0. The highest BCUT2D eigenvalue weighted by Gasteiger charge is 1.91. The van der Waals surface area contributed by atoms with E-state index in [2.05, 4.69) is 9.97 Å². The third-order valence-electron chi connectivity index (χ3n) is 0.839. The Morgan fingerprint density at radius 1 is 1.80 bits per heavy atom. The average Bonchev–Trinajstić information content (AvgIpc) is 1.88. The van der Waals surface area contributed by atoms with Gasteiger partial charge in [-0.05, 0) is 0 Å². The van der Waals surface area contributed by atoms with Crippen LogP contribution in [-0.2, 0) is 0 Å². The van der Waals surface area contributed by atoms with Gasteiger partial charge in [0.1, 0.15) is 0 Å². The molecular weight excluding hydrogens is 172 g/mol. The van der Waals surface area contributed by atoms with Crippen LogP contribution in [0, 0.1) is 0 Å². The van der Waals surface area contributed by atoms with Crippen molar-refractivity contribution in [3.05, 3.63) is 22.6 Å². The number of thioether (sulfide) groups is 1. The maximum absolute atomic E-state index is 10.6. The molecule has 0 saturated carbocycles. The highest BCUT2D eigenvalue weighted by atomic mass is 35.5. The summed E-state index contributed by atoms with van der Waals surface area (Å²) in [5.41, 5.74) is -0.150. The van der Waals surface area contributed by atoms with E-state index in [9.17, 15) is 4.79 Å². The molecule has 0 aromatic carbocycles. The van der Waals surface area contributed by atoms with Crippen LogP contribution in [0.5, 0.6) is 0 Å². The first kappa shape index (κ1) is 7.63. The summed E-state index contributed by atoms with van der Waals surface area (Å²) in [6, 6.07) is 1.36. The molecule has 1 heterocycles. The summed E-state index contributed by atoms with van der Waals surface area (Å²) in [6.07, 6.45) is 1.45. The van der Waals surface area contributed by atoms with Crippen molar-refractivity contribution in [3.63, 3.8) is 0 Å². The minimum absolute atomic E-state index is 0.150. The molecule has 0 radical (unpaired) electrons. The topological polar surface area (TPSA) is 45.8 Å². The summed E-state index contributed by atoms with van der Waals surface area (Å²) in [4.78, 5) is 17.0.